The molecule has 0 aliphatic carbocycles. The van der Waals surface area contributed by atoms with Crippen LogP contribution in [0, 0.1) is 6.92 Å². The van der Waals surface area contributed by atoms with Gasteiger partial charge in [-0.2, -0.15) is 0 Å². The molecule has 0 radical (unpaired) electrons. The molecule has 0 spiro atoms. The van der Waals surface area contributed by atoms with E-state index in [-0.39, 0.29) is 5.63 Å². The molecule has 1 heterocycles. The van der Waals surface area contributed by atoms with Crippen LogP contribution in [0.5, 0.6) is 0 Å². The zero-order valence-corrected chi connectivity index (χ0v) is 24.8. The van der Waals surface area contributed by atoms with Gasteiger partial charge in [-0.25, -0.2) is 4.79 Å². The van der Waals surface area contributed by atoms with Gasteiger partial charge in [0, 0.05) is 28.2 Å². The fraction of sp³-hybridized carbons (Fsp3) is 0.0238. The second kappa shape index (κ2) is 11.0. The molecule has 0 amide bonds. The second-order valence-corrected chi connectivity index (χ2v) is 11.4. The standard InChI is InChI=1S/C42H29NO2/c1-28-18-19-33(25-38(28)31-11-3-2-4-12-31)39-26-34-21-23-36(27-41(34)45-42(39)44)43(35-22-20-29-10-5-6-14-32(29)24-35)40-17-9-15-30-13-7-8-16-37(30)40/h2-27H,1H3. The summed E-state index contributed by atoms with van der Waals surface area (Å²) >= 11 is 0. The summed E-state index contributed by atoms with van der Waals surface area (Å²) in [6.07, 6.45) is 0. The predicted molar refractivity (Wildman–Crippen MR) is 188 cm³/mol. The summed E-state index contributed by atoms with van der Waals surface area (Å²) in [7, 11) is 0. The maximum Gasteiger partial charge on any atom is 0.344 e. The van der Waals surface area contributed by atoms with Gasteiger partial charge in [0.1, 0.15) is 5.58 Å². The first-order valence-corrected chi connectivity index (χ1v) is 15.1. The topological polar surface area (TPSA) is 33.5 Å². The van der Waals surface area contributed by atoms with Gasteiger partial charge in [-0.1, -0.05) is 109 Å². The molecule has 1 aromatic heterocycles. The lowest BCUT2D eigenvalue weighted by atomic mass is 9.95. The molecule has 8 rings (SSSR count). The second-order valence-electron chi connectivity index (χ2n) is 11.4. The Bertz CT molecular complexity index is 2420. The zero-order valence-electron chi connectivity index (χ0n) is 24.8. The molecule has 0 atom stereocenters. The van der Waals surface area contributed by atoms with Crippen molar-refractivity contribution in [2.45, 2.75) is 6.92 Å². The summed E-state index contributed by atoms with van der Waals surface area (Å²) in [6.45, 7) is 2.09. The van der Waals surface area contributed by atoms with Crippen molar-refractivity contribution >= 4 is 49.6 Å². The molecule has 3 heteroatoms. The Morgan fingerprint density at radius 3 is 2.02 bits per heavy atom. The Hall–Kier alpha value is -5.93. The van der Waals surface area contributed by atoms with Crippen molar-refractivity contribution < 1.29 is 4.42 Å². The molecule has 0 aliphatic heterocycles. The third-order valence-electron chi connectivity index (χ3n) is 8.61. The van der Waals surface area contributed by atoms with E-state index >= 15 is 0 Å². The minimum Gasteiger partial charge on any atom is -0.422 e. The van der Waals surface area contributed by atoms with Crippen molar-refractivity contribution in [1.82, 2.24) is 0 Å². The SMILES string of the molecule is Cc1ccc(-c2cc3ccc(N(c4ccc5ccccc5c4)c4cccc5ccccc45)cc3oc2=O)cc1-c1ccccc1. The van der Waals surface area contributed by atoms with E-state index in [1.807, 2.05) is 42.5 Å². The zero-order chi connectivity index (χ0) is 30.3. The van der Waals surface area contributed by atoms with E-state index in [0.717, 1.165) is 60.9 Å². The van der Waals surface area contributed by atoms with Crippen molar-refractivity contribution in [2.24, 2.45) is 0 Å². The summed E-state index contributed by atoms with van der Waals surface area (Å²) in [5.41, 5.74) is 7.94. The molecule has 0 N–H and O–H groups in total. The smallest absolute Gasteiger partial charge is 0.344 e. The maximum absolute atomic E-state index is 13.5. The Labute approximate surface area is 261 Å². The van der Waals surface area contributed by atoms with Gasteiger partial charge in [-0.05, 0) is 87.8 Å². The van der Waals surface area contributed by atoms with Crippen molar-refractivity contribution in [1.29, 1.82) is 0 Å². The van der Waals surface area contributed by atoms with Crippen LogP contribution in [0.2, 0.25) is 0 Å². The molecule has 0 saturated heterocycles. The number of hydrogen-bond donors (Lipinski definition) is 0. The number of benzene rings is 7. The van der Waals surface area contributed by atoms with Gasteiger partial charge in [0.25, 0.3) is 0 Å². The Morgan fingerprint density at radius 2 is 1.18 bits per heavy atom. The van der Waals surface area contributed by atoms with Gasteiger partial charge in [0.05, 0.1) is 11.3 Å². The van der Waals surface area contributed by atoms with E-state index in [9.17, 15) is 4.79 Å². The van der Waals surface area contributed by atoms with Gasteiger partial charge < -0.3 is 9.32 Å². The lowest BCUT2D eigenvalue weighted by Crippen LogP contribution is -2.11. The molecule has 0 fully saturated rings. The first-order chi connectivity index (χ1) is 22.1. The lowest BCUT2D eigenvalue weighted by Gasteiger charge is -2.27. The van der Waals surface area contributed by atoms with Gasteiger partial charge in [0.15, 0.2) is 0 Å². The van der Waals surface area contributed by atoms with Crippen LogP contribution in [0.3, 0.4) is 0 Å². The van der Waals surface area contributed by atoms with Crippen LogP contribution in [0.4, 0.5) is 17.1 Å². The first kappa shape index (κ1) is 26.7. The lowest BCUT2D eigenvalue weighted by molar-refractivity contribution is 0.563. The average Bonchev–Trinajstić information content (AvgIpc) is 3.09. The van der Waals surface area contributed by atoms with E-state index < -0.39 is 0 Å². The van der Waals surface area contributed by atoms with Crippen molar-refractivity contribution in [2.75, 3.05) is 4.90 Å². The van der Waals surface area contributed by atoms with Gasteiger partial charge in [0.2, 0.25) is 0 Å². The highest BCUT2D eigenvalue weighted by Crippen LogP contribution is 2.41. The van der Waals surface area contributed by atoms with E-state index in [4.69, 9.17) is 4.42 Å². The van der Waals surface area contributed by atoms with Gasteiger partial charge >= 0.3 is 5.63 Å². The van der Waals surface area contributed by atoms with Crippen LogP contribution in [-0.4, -0.2) is 0 Å². The van der Waals surface area contributed by atoms with Crippen molar-refractivity contribution in [3.05, 3.63) is 174 Å². The van der Waals surface area contributed by atoms with E-state index in [2.05, 4.69) is 127 Å². The van der Waals surface area contributed by atoms with Crippen LogP contribution in [0.25, 0.3) is 54.8 Å². The fourth-order valence-electron chi connectivity index (χ4n) is 6.30. The van der Waals surface area contributed by atoms with Crippen molar-refractivity contribution in [3.8, 4) is 22.3 Å². The Balaban J connectivity index is 1.28. The Morgan fingerprint density at radius 1 is 0.489 bits per heavy atom. The molecule has 7 aromatic carbocycles. The third kappa shape index (κ3) is 4.85. The number of rotatable bonds is 5. The van der Waals surface area contributed by atoms with Crippen LogP contribution in [0.15, 0.2) is 167 Å². The monoisotopic (exact) mass is 579 g/mol. The van der Waals surface area contributed by atoms with Crippen LogP contribution in [-0.2, 0) is 0 Å². The van der Waals surface area contributed by atoms with E-state index in [1.54, 1.807) is 0 Å². The highest BCUT2D eigenvalue weighted by molar-refractivity contribution is 6.01. The molecule has 214 valence electrons. The molecule has 45 heavy (non-hydrogen) atoms. The largest absolute Gasteiger partial charge is 0.422 e. The molecule has 0 unspecified atom stereocenters. The molecule has 3 nitrogen and oxygen atoms in total. The average molecular weight is 580 g/mol. The maximum atomic E-state index is 13.5. The minimum atomic E-state index is -0.357. The normalized spacial score (nSPS) is 11.3. The molecule has 0 aliphatic rings. The summed E-state index contributed by atoms with van der Waals surface area (Å²) in [4.78, 5) is 15.8. The van der Waals surface area contributed by atoms with Crippen LogP contribution >= 0.6 is 0 Å². The highest BCUT2D eigenvalue weighted by Gasteiger charge is 2.18. The predicted octanol–water partition coefficient (Wildman–Crippen LogP) is 11.2. The minimum absolute atomic E-state index is 0.357. The molecular formula is C42H29NO2. The Kier molecular flexibility index (Phi) is 6.50. The fourth-order valence-corrected chi connectivity index (χ4v) is 6.30. The van der Waals surface area contributed by atoms with Gasteiger partial charge in [-0.3, -0.25) is 0 Å². The van der Waals surface area contributed by atoms with Crippen LogP contribution in [0.1, 0.15) is 5.56 Å². The summed E-state index contributed by atoms with van der Waals surface area (Å²) in [5, 5.41) is 5.50. The summed E-state index contributed by atoms with van der Waals surface area (Å²) in [5.74, 6) is 0. The number of nitrogens with zero attached hydrogens (tertiary/aromatic N) is 1. The molecule has 8 aromatic rings. The highest BCUT2D eigenvalue weighted by atomic mass is 16.4. The van der Waals surface area contributed by atoms with Gasteiger partial charge in [-0.15, -0.1) is 0 Å². The first-order valence-electron chi connectivity index (χ1n) is 15.1. The van der Waals surface area contributed by atoms with E-state index in [1.165, 1.54) is 5.39 Å². The number of hydrogen-bond acceptors (Lipinski definition) is 3. The third-order valence-corrected chi connectivity index (χ3v) is 8.61. The molecule has 0 saturated carbocycles. The van der Waals surface area contributed by atoms with Crippen LogP contribution < -0.4 is 10.5 Å². The molecular weight excluding hydrogens is 550 g/mol. The quantitative estimate of drug-likeness (QED) is 0.190. The van der Waals surface area contributed by atoms with Crippen molar-refractivity contribution in [3.63, 3.8) is 0 Å². The number of fused-ring (bicyclic) bond motifs is 3. The van der Waals surface area contributed by atoms with E-state index in [0.29, 0.717) is 11.1 Å². The summed E-state index contributed by atoms with van der Waals surface area (Å²) < 4.78 is 6.06. The molecule has 0 bridgehead atoms. The number of aryl methyl sites for hydroxylation is 1. The number of anilines is 3. The summed E-state index contributed by atoms with van der Waals surface area (Å²) in [6, 6.07) is 54.1.